The largest absolute Gasteiger partial charge is 0.342 e. The summed E-state index contributed by atoms with van der Waals surface area (Å²) in [7, 11) is 0. The van der Waals surface area contributed by atoms with Crippen molar-refractivity contribution in [3.8, 4) is 11.4 Å². The van der Waals surface area contributed by atoms with Crippen LogP contribution in [0.25, 0.3) is 11.4 Å². The third-order valence-electron chi connectivity index (χ3n) is 6.18. The predicted molar refractivity (Wildman–Crippen MR) is 124 cm³/mol. The summed E-state index contributed by atoms with van der Waals surface area (Å²) >= 11 is 5.39. The van der Waals surface area contributed by atoms with E-state index >= 15 is 0 Å². The van der Waals surface area contributed by atoms with Crippen molar-refractivity contribution in [2.24, 2.45) is 0 Å². The molecule has 1 aromatic carbocycles. The van der Waals surface area contributed by atoms with E-state index in [9.17, 15) is 9.59 Å². The van der Waals surface area contributed by atoms with E-state index in [0.29, 0.717) is 43.1 Å². The second kappa shape index (κ2) is 10.2. The van der Waals surface area contributed by atoms with E-state index in [1.165, 1.54) is 5.56 Å². The van der Waals surface area contributed by atoms with Crippen molar-refractivity contribution in [2.45, 2.75) is 71.4 Å². The first-order chi connectivity index (χ1) is 14.9. The van der Waals surface area contributed by atoms with Crippen LogP contribution in [0, 0.1) is 11.7 Å². The number of hydrogen-bond acceptors (Lipinski definition) is 4. The van der Waals surface area contributed by atoms with E-state index in [1.54, 1.807) is 0 Å². The Morgan fingerprint density at radius 3 is 2.42 bits per heavy atom. The summed E-state index contributed by atoms with van der Waals surface area (Å²) in [4.78, 5) is 28.0. The highest BCUT2D eigenvalue weighted by molar-refractivity contribution is 7.71. The van der Waals surface area contributed by atoms with Crippen molar-refractivity contribution in [1.29, 1.82) is 0 Å². The number of aromatic amines is 1. The van der Waals surface area contributed by atoms with Crippen LogP contribution in [0.5, 0.6) is 0 Å². The van der Waals surface area contributed by atoms with Gasteiger partial charge < -0.3 is 10.2 Å². The lowest BCUT2D eigenvalue weighted by Crippen LogP contribution is -2.60. The Kier molecular flexibility index (Phi) is 7.64. The summed E-state index contributed by atoms with van der Waals surface area (Å²) in [5.41, 5.74) is 1.33. The molecule has 1 fully saturated rings. The number of nitrogens with one attached hydrogen (secondary N) is 2. The molecule has 2 aromatic rings. The number of hydrogen-bond donors (Lipinski definition) is 2. The molecule has 1 aliphatic rings. The fourth-order valence-electron chi connectivity index (χ4n) is 4.35. The first kappa shape index (κ1) is 23.2. The molecule has 1 heterocycles. The second-order valence-corrected chi connectivity index (χ2v) is 8.68. The Hall–Kier alpha value is -2.48. The summed E-state index contributed by atoms with van der Waals surface area (Å²) in [5, 5.41) is 10.3. The number of aryl methyl sites for hydroxylation is 1. The van der Waals surface area contributed by atoms with E-state index in [1.807, 2.05) is 54.5 Å². The molecular formula is C23H33N5O2S. The van der Waals surface area contributed by atoms with Crippen molar-refractivity contribution < 1.29 is 9.59 Å². The summed E-state index contributed by atoms with van der Waals surface area (Å²) in [6.45, 7) is 7.69. The highest BCUT2D eigenvalue weighted by atomic mass is 32.1. The van der Waals surface area contributed by atoms with Crippen LogP contribution in [0.3, 0.4) is 0 Å². The molecule has 0 atom stereocenters. The van der Waals surface area contributed by atoms with Gasteiger partial charge in [0.25, 0.3) is 0 Å². The van der Waals surface area contributed by atoms with Gasteiger partial charge in [-0.3, -0.25) is 19.3 Å². The fraction of sp³-hybridized carbons (Fsp3) is 0.565. The van der Waals surface area contributed by atoms with Gasteiger partial charge in [-0.1, -0.05) is 49.1 Å². The highest BCUT2D eigenvalue weighted by Gasteiger charge is 2.42. The molecule has 31 heavy (non-hydrogen) atoms. The van der Waals surface area contributed by atoms with Crippen LogP contribution < -0.4 is 5.32 Å². The number of benzene rings is 1. The van der Waals surface area contributed by atoms with Crippen molar-refractivity contribution >= 4 is 24.0 Å². The smallest absolute Gasteiger partial charge is 0.248 e. The molecule has 2 N–H and O–H groups in total. The average molecular weight is 444 g/mol. The van der Waals surface area contributed by atoms with Crippen LogP contribution in [-0.2, 0) is 16.1 Å². The van der Waals surface area contributed by atoms with Gasteiger partial charge in [0.05, 0.1) is 0 Å². The van der Waals surface area contributed by atoms with Crippen LogP contribution in [-0.4, -0.2) is 50.1 Å². The molecule has 8 heteroatoms. The molecule has 0 saturated heterocycles. The Labute approximate surface area is 189 Å². The predicted octanol–water partition coefficient (Wildman–Crippen LogP) is 3.99. The van der Waals surface area contributed by atoms with Gasteiger partial charge in [0.1, 0.15) is 5.54 Å². The zero-order valence-electron chi connectivity index (χ0n) is 18.7. The number of carbonyl (C=O) groups is 2. The highest BCUT2D eigenvalue weighted by Crippen LogP contribution is 2.30. The van der Waals surface area contributed by atoms with E-state index in [4.69, 9.17) is 12.2 Å². The number of rotatable bonds is 8. The van der Waals surface area contributed by atoms with Crippen LogP contribution in [0.4, 0.5) is 0 Å². The molecule has 2 amide bonds. The average Bonchev–Trinajstić information content (AvgIpc) is 3.14. The number of aromatic nitrogens is 3. The number of amides is 2. The fourth-order valence-corrected chi connectivity index (χ4v) is 4.58. The van der Waals surface area contributed by atoms with Crippen molar-refractivity contribution in [1.82, 2.24) is 25.0 Å². The lowest BCUT2D eigenvalue weighted by atomic mass is 9.80. The molecule has 1 saturated carbocycles. The first-order valence-electron chi connectivity index (χ1n) is 11.2. The molecule has 0 unspecified atom stereocenters. The van der Waals surface area contributed by atoms with Crippen molar-refractivity contribution in [2.75, 3.05) is 13.1 Å². The zero-order chi connectivity index (χ0) is 22.4. The van der Waals surface area contributed by atoms with Crippen molar-refractivity contribution in [3.05, 3.63) is 34.6 Å². The maximum atomic E-state index is 13.2. The van der Waals surface area contributed by atoms with E-state index in [0.717, 1.165) is 24.8 Å². The van der Waals surface area contributed by atoms with Crippen LogP contribution in [0.1, 0.15) is 57.9 Å². The van der Waals surface area contributed by atoms with Gasteiger partial charge in [-0.05, 0) is 45.8 Å². The number of carbonyl (C=O) groups excluding carboxylic acids is 2. The second-order valence-electron chi connectivity index (χ2n) is 8.29. The van der Waals surface area contributed by atoms with Gasteiger partial charge in [-0.15, -0.1) is 0 Å². The minimum absolute atomic E-state index is 0.0471. The number of nitrogens with zero attached hydrogens (tertiary/aromatic N) is 3. The molecule has 1 aliphatic carbocycles. The Bertz CT molecular complexity index is 953. The molecule has 0 bridgehead atoms. The summed E-state index contributed by atoms with van der Waals surface area (Å²) in [6.07, 6.45) is 4.66. The molecule has 0 aliphatic heterocycles. The summed E-state index contributed by atoms with van der Waals surface area (Å²) < 4.78 is 2.33. The minimum Gasteiger partial charge on any atom is -0.342 e. The number of likely N-dealkylation sites (N-methyl/N-ethyl adjacent to an activating group) is 1. The first-order valence-corrected chi connectivity index (χ1v) is 11.6. The van der Waals surface area contributed by atoms with E-state index in [2.05, 4.69) is 15.5 Å². The molecule has 7 nitrogen and oxygen atoms in total. The van der Waals surface area contributed by atoms with E-state index < -0.39 is 5.54 Å². The van der Waals surface area contributed by atoms with Gasteiger partial charge >= 0.3 is 0 Å². The summed E-state index contributed by atoms with van der Waals surface area (Å²) in [5.74, 6) is 0.635. The third kappa shape index (κ3) is 5.23. The Morgan fingerprint density at radius 2 is 1.81 bits per heavy atom. The van der Waals surface area contributed by atoms with Crippen LogP contribution in [0.15, 0.2) is 24.3 Å². The SMILES string of the molecule is CCN(CC)C(=O)C1(NC(=O)CCn2c(-c3ccc(C)cc3)n[nH]c2=S)CCCCC1. The van der Waals surface area contributed by atoms with E-state index in [-0.39, 0.29) is 18.2 Å². The zero-order valence-corrected chi connectivity index (χ0v) is 19.6. The molecular weight excluding hydrogens is 410 g/mol. The van der Waals surface area contributed by atoms with Crippen molar-refractivity contribution in [3.63, 3.8) is 0 Å². The quantitative estimate of drug-likeness (QED) is 0.604. The molecule has 1 aromatic heterocycles. The Morgan fingerprint density at radius 1 is 1.16 bits per heavy atom. The van der Waals surface area contributed by atoms with Crippen LogP contribution >= 0.6 is 12.2 Å². The minimum atomic E-state index is -0.779. The lowest BCUT2D eigenvalue weighted by Gasteiger charge is -2.40. The van der Waals surface area contributed by atoms with Gasteiger partial charge in [-0.2, -0.15) is 5.10 Å². The third-order valence-corrected chi connectivity index (χ3v) is 6.49. The standard InChI is InChI=1S/C23H33N5O2S/c1-4-27(5-2)21(30)23(14-7-6-8-15-23)24-19(29)13-16-28-20(25-26-22(28)31)18-11-9-17(3)10-12-18/h9-12H,4-8,13-16H2,1-3H3,(H,24,29)(H,26,31). The monoisotopic (exact) mass is 443 g/mol. The van der Waals surface area contributed by atoms with Gasteiger partial charge in [0.2, 0.25) is 11.8 Å². The number of H-pyrrole nitrogens is 1. The normalized spacial score (nSPS) is 15.5. The molecule has 0 radical (unpaired) electrons. The van der Waals surface area contributed by atoms with Gasteiger partial charge in [0.15, 0.2) is 10.6 Å². The summed E-state index contributed by atoms with van der Waals surface area (Å²) in [6, 6.07) is 8.04. The van der Waals surface area contributed by atoms with Gasteiger partial charge in [-0.25, -0.2) is 0 Å². The molecule has 3 rings (SSSR count). The van der Waals surface area contributed by atoms with Crippen LogP contribution in [0.2, 0.25) is 0 Å². The molecule has 168 valence electrons. The topological polar surface area (TPSA) is 83.0 Å². The maximum absolute atomic E-state index is 13.2. The molecule has 0 spiro atoms. The lowest BCUT2D eigenvalue weighted by molar-refractivity contribution is -0.143. The maximum Gasteiger partial charge on any atom is 0.248 e. The van der Waals surface area contributed by atoms with Gasteiger partial charge in [0, 0.05) is 31.6 Å². The Balaban J connectivity index is 1.73.